The van der Waals surface area contributed by atoms with Crippen LogP contribution in [0.2, 0.25) is 0 Å². The molecule has 0 aromatic heterocycles. The molecule has 1 aromatic carbocycles. The number of ether oxygens (including phenoxy) is 1. The average Bonchev–Trinajstić information content (AvgIpc) is 2.43. The molecule has 0 unspecified atom stereocenters. The van der Waals surface area contributed by atoms with Crippen molar-refractivity contribution in [1.82, 2.24) is 10.6 Å². The standard InChI is InChI=1S/C13H16N2O5/c1-20-10-5-3-2-4-9(10)6-11(16)14-7-12(17)15-8-13(18)19/h2-5H,6-8H2,1H3,(H,14,16)(H,15,17)(H,18,19). The number of methoxy groups -OCH3 is 1. The van der Waals surface area contributed by atoms with E-state index in [1.165, 1.54) is 7.11 Å². The first-order valence-electron chi connectivity index (χ1n) is 5.90. The lowest BCUT2D eigenvalue weighted by molar-refractivity contribution is -0.137. The van der Waals surface area contributed by atoms with E-state index in [1.54, 1.807) is 24.3 Å². The molecule has 0 radical (unpaired) electrons. The van der Waals surface area contributed by atoms with Crippen LogP contribution in [0.25, 0.3) is 0 Å². The average molecular weight is 280 g/mol. The first kappa shape index (κ1) is 15.5. The Labute approximate surface area is 115 Å². The molecule has 0 spiro atoms. The fraction of sp³-hybridized carbons (Fsp3) is 0.308. The summed E-state index contributed by atoms with van der Waals surface area (Å²) in [5.41, 5.74) is 0.707. The molecule has 0 saturated carbocycles. The first-order valence-corrected chi connectivity index (χ1v) is 5.90. The quantitative estimate of drug-likeness (QED) is 0.627. The molecule has 0 saturated heterocycles. The lowest BCUT2D eigenvalue weighted by Crippen LogP contribution is -2.39. The van der Waals surface area contributed by atoms with Crippen molar-refractivity contribution >= 4 is 17.8 Å². The number of amides is 2. The number of carboxylic acids is 1. The van der Waals surface area contributed by atoms with E-state index in [0.29, 0.717) is 11.3 Å². The van der Waals surface area contributed by atoms with Gasteiger partial charge in [-0.3, -0.25) is 14.4 Å². The fourth-order valence-electron chi connectivity index (χ4n) is 1.50. The van der Waals surface area contributed by atoms with Crippen molar-refractivity contribution in [2.24, 2.45) is 0 Å². The number of aliphatic carboxylic acids is 1. The number of carbonyl (C=O) groups is 3. The molecule has 7 nitrogen and oxygen atoms in total. The van der Waals surface area contributed by atoms with Crippen molar-refractivity contribution < 1.29 is 24.2 Å². The summed E-state index contributed by atoms with van der Waals surface area (Å²) < 4.78 is 5.11. The van der Waals surface area contributed by atoms with Gasteiger partial charge in [0.15, 0.2) is 0 Å². The van der Waals surface area contributed by atoms with E-state index in [0.717, 1.165) is 0 Å². The van der Waals surface area contributed by atoms with Crippen LogP contribution in [0.3, 0.4) is 0 Å². The highest BCUT2D eigenvalue weighted by molar-refractivity contribution is 5.87. The molecule has 0 aliphatic carbocycles. The number of hydrogen-bond donors (Lipinski definition) is 3. The molecular formula is C13H16N2O5. The van der Waals surface area contributed by atoms with E-state index in [4.69, 9.17) is 9.84 Å². The Morgan fingerprint density at radius 1 is 1.10 bits per heavy atom. The SMILES string of the molecule is COc1ccccc1CC(=O)NCC(=O)NCC(=O)O. The Morgan fingerprint density at radius 3 is 2.40 bits per heavy atom. The maximum Gasteiger partial charge on any atom is 0.322 e. The highest BCUT2D eigenvalue weighted by Gasteiger charge is 2.10. The molecule has 1 aromatic rings. The van der Waals surface area contributed by atoms with E-state index in [2.05, 4.69) is 10.6 Å². The maximum absolute atomic E-state index is 11.7. The Morgan fingerprint density at radius 2 is 1.75 bits per heavy atom. The second-order valence-electron chi connectivity index (χ2n) is 3.94. The second-order valence-corrected chi connectivity index (χ2v) is 3.94. The first-order chi connectivity index (χ1) is 9.52. The van der Waals surface area contributed by atoms with Crippen molar-refractivity contribution in [3.8, 4) is 5.75 Å². The summed E-state index contributed by atoms with van der Waals surface area (Å²) in [6.07, 6.45) is 0.0796. The highest BCUT2D eigenvalue weighted by Crippen LogP contribution is 2.17. The lowest BCUT2D eigenvalue weighted by atomic mass is 10.1. The van der Waals surface area contributed by atoms with Crippen molar-refractivity contribution in [3.05, 3.63) is 29.8 Å². The maximum atomic E-state index is 11.7. The van der Waals surface area contributed by atoms with Crippen LogP contribution in [0.15, 0.2) is 24.3 Å². The van der Waals surface area contributed by atoms with Crippen molar-refractivity contribution in [3.63, 3.8) is 0 Å². The Bertz CT molecular complexity index is 501. The molecule has 0 aliphatic rings. The molecule has 0 bridgehead atoms. The minimum absolute atomic E-state index is 0.0796. The van der Waals surface area contributed by atoms with Gasteiger partial charge in [0.2, 0.25) is 11.8 Å². The molecule has 0 fully saturated rings. The van der Waals surface area contributed by atoms with Crippen LogP contribution in [-0.4, -0.2) is 43.1 Å². The van der Waals surface area contributed by atoms with E-state index < -0.39 is 18.4 Å². The van der Waals surface area contributed by atoms with Crippen molar-refractivity contribution in [2.75, 3.05) is 20.2 Å². The van der Waals surface area contributed by atoms with Gasteiger partial charge in [-0.1, -0.05) is 18.2 Å². The summed E-state index contributed by atoms with van der Waals surface area (Å²) in [6, 6.07) is 7.06. The zero-order chi connectivity index (χ0) is 15.0. The monoisotopic (exact) mass is 280 g/mol. The zero-order valence-corrected chi connectivity index (χ0v) is 11.0. The summed E-state index contributed by atoms with van der Waals surface area (Å²) in [7, 11) is 1.51. The molecule has 0 aliphatic heterocycles. The van der Waals surface area contributed by atoms with E-state index >= 15 is 0 Å². The summed E-state index contributed by atoms with van der Waals surface area (Å²) in [5, 5.41) is 12.9. The summed E-state index contributed by atoms with van der Waals surface area (Å²) >= 11 is 0. The number of nitrogens with one attached hydrogen (secondary N) is 2. The predicted molar refractivity (Wildman–Crippen MR) is 70.4 cm³/mol. The summed E-state index contributed by atoms with van der Waals surface area (Å²) in [5.74, 6) is -1.45. The zero-order valence-electron chi connectivity index (χ0n) is 11.0. The largest absolute Gasteiger partial charge is 0.496 e. The third kappa shape index (κ3) is 5.38. The molecule has 108 valence electrons. The van der Waals surface area contributed by atoms with Gasteiger partial charge in [-0.05, 0) is 6.07 Å². The van der Waals surface area contributed by atoms with E-state index in [1.807, 2.05) is 0 Å². The number of carbonyl (C=O) groups excluding carboxylic acids is 2. The van der Waals surface area contributed by atoms with Crippen LogP contribution in [0.5, 0.6) is 5.75 Å². The minimum Gasteiger partial charge on any atom is -0.496 e. The smallest absolute Gasteiger partial charge is 0.322 e. The Kier molecular flexibility index (Phi) is 6.02. The van der Waals surface area contributed by atoms with Gasteiger partial charge in [-0.15, -0.1) is 0 Å². The molecule has 1 rings (SSSR count). The predicted octanol–water partition coefficient (Wildman–Crippen LogP) is -0.445. The molecule has 2 amide bonds. The number of benzene rings is 1. The third-order valence-electron chi connectivity index (χ3n) is 2.43. The minimum atomic E-state index is -1.14. The van der Waals surface area contributed by atoms with Crippen LogP contribution in [-0.2, 0) is 20.8 Å². The van der Waals surface area contributed by atoms with Gasteiger partial charge in [0.05, 0.1) is 20.1 Å². The number of para-hydroxylation sites is 1. The normalized spacial score (nSPS) is 9.65. The third-order valence-corrected chi connectivity index (χ3v) is 2.43. The van der Waals surface area contributed by atoms with E-state index in [9.17, 15) is 14.4 Å². The molecular weight excluding hydrogens is 264 g/mol. The van der Waals surface area contributed by atoms with Gasteiger partial charge in [0.1, 0.15) is 12.3 Å². The van der Waals surface area contributed by atoms with Crippen molar-refractivity contribution in [1.29, 1.82) is 0 Å². The van der Waals surface area contributed by atoms with Gasteiger partial charge in [-0.25, -0.2) is 0 Å². The van der Waals surface area contributed by atoms with Gasteiger partial charge in [-0.2, -0.15) is 0 Å². The Hall–Kier alpha value is -2.57. The van der Waals surface area contributed by atoms with Crippen molar-refractivity contribution in [2.45, 2.75) is 6.42 Å². The Balaban J connectivity index is 2.40. The molecule has 3 N–H and O–H groups in total. The van der Waals surface area contributed by atoms with Gasteiger partial charge >= 0.3 is 5.97 Å². The van der Waals surface area contributed by atoms with E-state index in [-0.39, 0.29) is 18.9 Å². The lowest BCUT2D eigenvalue weighted by Gasteiger charge is -2.08. The van der Waals surface area contributed by atoms with Crippen LogP contribution in [0.4, 0.5) is 0 Å². The summed E-state index contributed by atoms with van der Waals surface area (Å²) in [4.78, 5) is 33.1. The molecule has 7 heteroatoms. The van der Waals surface area contributed by atoms with Gasteiger partial charge in [0, 0.05) is 5.56 Å². The number of rotatable bonds is 7. The van der Waals surface area contributed by atoms with Crippen LogP contribution in [0.1, 0.15) is 5.56 Å². The van der Waals surface area contributed by atoms with Crippen LogP contribution < -0.4 is 15.4 Å². The van der Waals surface area contributed by atoms with Crippen LogP contribution >= 0.6 is 0 Å². The molecule has 0 atom stereocenters. The molecule has 20 heavy (non-hydrogen) atoms. The van der Waals surface area contributed by atoms with Gasteiger partial charge in [0.25, 0.3) is 0 Å². The van der Waals surface area contributed by atoms with Gasteiger partial charge < -0.3 is 20.5 Å². The second kappa shape index (κ2) is 7.78. The summed E-state index contributed by atoms with van der Waals surface area (Å²) in [6.45, 7) is -0.734. The number of hydrogen-bond acceptors (Lipinski definition) is 4. The topological polar surface area (TPSA) is 105 Å². The van der Waals surface area contributed by atoms with Crippen LogP contribution in [0, 0.1) is 0 Å². The number of carboxylic acid groups (broad SMARTS) is 1. The molecule has 0 heterocycles. The highest BCUT2D eigenvalue weighted by atomic mass is 16.5. The fourth-order valence-corrected chi connectivity index (χ4v) is 1.50.